The standard InChI is InChI=1S/C19H25ClN4O2.ClH/c1-12(18(26-3)13-4-6-15(20)7-5-13)23-19(25)17-10-21-9-16(17)14-8-22-24(2)11-14;/h4-8,11-12,16-18,21H,9-10H2,1-3H3,(H,23,25);1H/t12?,16-,17+,18?;/m1./s1. The molecular weight excluding hydrogens is 387 g/mol. The first-order chi connectivity index (χ1) is 12.5. The summed E-state index contributed by atoms with van der Waals surface area (Å²) < 4.78 is 7.40. The number of aryl methyl sites for hydroxylation is 1. The SMILES string of the molecule is COC(c1ccc(Cl)cc1)C(C)NC(=O)[C@H]1CNC[C@@H]1c1cnn(C)c1.Cl. The molecule has 1 aliphatic rings. The Labute approximate surface area is 171 Å². The average molecular weight is 413 g/mol. The molecule has 0 aliphatic carbocycles. The van der Waals surface area contributed by atoms with Crippen molar-refractivity contribution in [3.05, 3.63) is 52.8 Å². The van der Waals surface area contributed by atoms with Gasteiger partial charge < -0.3 is 15.4 Å². The summed E-state index contributed by atoms with van der Waals surface area (Å²) in [6.45, 7) is 3.40. The van der Waals surface area contributed by atoms with Gasteiger partial charge in [0, 0.05) is 44.4 Å². The second-order valence-electron chi connectivity index (χ2n) is 6.82. The zero-order chi connectivity index (χ0) is 18.7. The smallest absolute Gasteiger partial charge is 0.225 e. The van der Waals surface area contributed by atoms with E-state index in [1.807, 2.05) is 50.6 Å². The van der Waals surface area contributed by atoms with Crippen molar-refractivity contribution >= 4 is 29.9 Å². The first kappa shape index (κ1) is 21.7. The lowest BCUT2D eigenvalue weighted by atomic mass is 9.90. The van der Waals surface area contributed by atoms with E-state index in [4.69, 9.17) is 16.3 Å². The van der Waals surface area contributed by atoms with Crippen molar-refractivity contribution in [2.24, 2.45) is 13.0 Å². The van der Waals surface area contributed by atoms with Crippen LogP contribution in [0.1, 0.15) is 30.1 Å². The predicted molar refractivity (Wildman–Crippen MR) is 108 cm³/mol. The summed E-state index contributed by atoms with van der Waals surface area (Å²) in [5.74, 6) is 0.0455. The number of methoxy groups -OCH3 is 1. The molecule has 0 spiro atoms. The van der Waals surface area contributed by atoms with Gasteiger partial charge in [0.05, 0.1) is 18.2 Å². The van der Waals surface area contributed by atoms with Crippen LogP contribution in [-0.4, -0.2) is 41.9 Å². The predicted octanol–water partition coefficient (Wildman–Crippen LogP) is 2.69. The van der Waals surface area contributed by atoms with Crippen molar-refractivity contribution in [2.45, 2.75) is 25.0 Å². The van der Waals surface area contributed by atoms with Crippen molar-refractivity contribution in [3.8, 4) is 0 Å². The van der Waals surface area contributed by atoms with Crippen LogP contribution >= 0.6 is 24.0 Å². The van der Waals surface area contributed by atoms with E-state index in [0.29, 0.717) is 11.6 Å². The summed E-state index contributed by atoms with van der Waals surface area (Å²) in [4.78, 5) is 12.9. The maximum atomic E-state index is 12.9. The minimum Gasteiger partial charge on any atom is -0.375 e. The van der Waals surface area contributed by atoms with E-state index in [2.05, 4.69) is 15.7 Å². The molecule has 8 heteroatoms. The molecule has 0 saturated carbocycles. The largest absolute Gasteiger partial charge is 0.375 e. The Kier molecular flexibility index (Phi) is 7.68. The van der Waals surface area contributed by atoms with Crippen molar-refractivity contribution < 1.29 is 9.53 Å². The molecule has 0 bridgehead atoms. The van der Waals surface area contributed by atoms with Crippen molar-refractivity contribution in [3.63, 3.8) is 0 Å². The lowest BCUT2D eigenvalue weighted by Gasteiger charge is -2.26. The van der Waals surface area contributed by atoms with Crippen LogP contribution in [0, 0.1) is 5.92 Å². The Morgan fingerprint density at radius 2 is 2.07 bits per heavy atom. The number of hydrogen-bond donors (Lipinski definition) is 2. The molecule has 2 N–H and O–H groups in total. The topological polar surface area (TPSA) is 68.2 Å². The molecule has 2 aromatic rings. The molecule has 27 heavy (non-hydrogen) atoms. The zero-order valence-corrected chi connectivity index (χ0v) is 17.3. The number of aromatic nitrogens is 2. The second-order valence-corrected chi connectivity index (χ2v) is 7.26. The minimum absolute atomic E-state index is 0. The third kappa shape index (κ3) is 5.02. The van der Waals surface area contributed by atoms with Gasteiger partial charge in [-0.1, -0.05) is 23.7 Å². The normalized spacial score (nSPS) is 21.3. The van der Waals surface area contributed by atoms with Gasteiger partial charge in [-0.3, -0.25) is 9.48 Å². The molecule has 148 valence electrons. The number of amides is 1. The fourth-order valence-electron chi connectivity index (χ4n) is 3.62. The zero-order valence-electron chi connectivity index (χ0n) is 15.7. The molecule has 1 aromatic heterocycles. The molecule has 1 fully saturated rings. The molecule has 1 saturated heterocycles. The number of carbonyl (C=O) groups is 1. The minimum atomic E-state index is -0.234. The highest BCUT2D eigenvalue weighted by Crippen LogP contribution is 2.29. The Hall–Kier alpha value is -1.60. The van der Waals surface area contributed by atoms with Gasteiger partial charge in [0.1, 0.15) is 6.10 Å². The monoisotopic (exact) mass is 412 g/mol. The summed E-state index contributed by atoms with van der Waals surface area (Å²) in [6, 6.07) is 7.35. The lowest BCUT2D eigenvalue weighted by molar-refractivity contribution is -0.126. The molecule has 0 radical (unpaired) electrons. The van der Waals surface area contributed by atoms with E-state index < -0.39 is 0 Å². The van der Waals surface area contributed by atoms with Gasteiger partial charge in [-0.15, -0.1) is 12.4 Å². The first-order valence-corrected chi connectivity index (χ1v) is 9.15. The first-order valence-electron chi connectivity index (χ1n) is 8.77. The summed E-state index contributed by atoms with van der Waals surface area (Å²) in [6.07, 6.45) is 3.59. The van der Waals surface area contributed by atoms with E-state index in [-0.39, 0.29) is 42.3 Å². The van der Waals surface area contributed by atoms with Crippen LogP contribution in [-0.2, 0) is 16.6 Å². The number of nitrogens with zero attached hydrogens (tertiary/aromatic N) is 2. The number of rotatable bonds is 6. The lowest BCUT2D eigenvalue weighted by Crippen LogP contribution is -2.42. The maximum Gasteiger partial charge on any atom is 0.225 e. The summed E-state index contributed by atoms with van der Waals surface area (Å²) in [5, 5.41) is 11.4. The molecule has 1 aliphatic heterocycles. The molecule has 1 amide bonds. The number of halogens is 2. The van der Waals surface area contributed by atoms with Gasteiger partial charge in [0.25, 0.3) is 0 Å². The number of ether oxygens (including phenoxy) is 1. The van der Waals surface area contributed by atoms with E-state index >= 15 is 0 Å². The van der Waals surface area contributed by atoms with Crippen LogP contribution in [0.5, 0.6) is 0 Å². The van der Waals surface area contributed by atoms with Gasteiger partial charge in [-0.25, -0.2) is 0 Å². The van der Waals surface area contributed by atoms with Crippen LogP contribution in [0.3, 0.4) is 0 Å². The Balaban J connectivity index is 0.00000261. The Bertz CT molecular complexity index is 750. The number of hydrogen-bond acceptors (Lipinski definition) is 4. The molecule has 6 nitrogen and oxygen atoms in total. The number of benzene rings is 1. The summed E-state index contributed by atoms with van der Waals surface area (Å²) in [7, 11) is 3.54. The highest BCUT2D eigenvalue weighted by Gasteiger charge is 2.36. The number of nitrogens with one attached hydrogen (secondary N) is 2. The fraction of sp³-hybridized carbons (Fsp3) is 0.474. The van der Waals surface area contributed by atoms with Crippen LogP contribution in [0.15, 0.2) is 36.7 Å². The Morgan fingerprint density at radius 3 is 2.67 bits per heavy atom. The molecular formula is C19H26Cl2N4O2. The van der Waals surface area contributed by atoms with Crippen molar-refractivity contribution in [1.82, 2.24) is 20.4 Å². The third-order valence-corrected chi connectivity index (χ3v) is 5.23. The van der Waals surface area contributed by atoms with Gasteiger partial charge in [0.2, 0.25) is 5.91 Å². The van der Waals surface area contributed by atoms with Gasteiger partial charge >= 0.3 is 0 Å². The summed E-state index contributed by atoms with van der Waals surface area (Å²) in [5.41, 5.74) is 2.07. The van der Waals surface area contributed by atoms with E-state index in [1.165, 1.54) is 0 Å². The molecule has 2 heterocycles. The molecule has 3 rings (SSSR count). The maximum absolute atomic E-state index is 12.9. The van der Waals surface area contributed by atoms with Gasteiger partial charge in [-0.05, 0) is 30.2 Å². The third-order valence-electron chi connectivity index (χ3n) is 4.98. The molecule has 1 aromatic carbocycles. The Morgan fingerprint density at radius 1 is 1.37 bits per heavy atom. The van der Waals surface area contributed by atoms with Gasteiger partial charge in [-0.2, -0.15) is 5.10 Å². The van der Waals surface area contributed by atoms with Crippen LogP contribution < -0.4 is 10.6 Å². The second kappa shape index (κ2) is 9.55. The highest BCUT2D eigenvalue weighted by molar-refractivity contribution is 6.30. The fourth-order valence-corrected chi connectivity index (χ4v) is 3.75. The number of carbonyl (C=O) groups excluding carboxylic acids is 1. The molecule has 2 unspecified atom stereocenters. The average Bonchev–Trinajstić information content (AvgIpc) is 3.25. The molecule has 4 atom stereocenters. The van der Waals surface area contributed by atoms with Crippen molar-refractivity contribution in [1.29, 1.82) is 0 Å². The van der Waals surface area contributed by atoms with Gasteiger partial charge in [0.15, 0.2) is 0 Å². The van der Waals surface area contributed by atoms with E-state index in [9.17, 15) is 4.79 Å². The van der Waals surface area contributed by atoms with Crippen LogP contribution in [0.4, 0.5) is 0 Å². The highest BCUT2D eigenvalue weighted by atomic mass is 35.5. The van der Waals surface area contributed by atoms with Crippen LogP contribution in [0.25, 0.3) is 0 Å². The van der Waals surface area contributed by atoms with E-state index in [0.717, 1.165) is 17.7 Å². The van der Waals surface area contributed by atoms with Crippen LogP contribution in [0.2, 0.25) is 5.02 Å². The van der Waals surface area contributed by atoms with Crippen molar-refractivity contribution in [2.75, 3.05) is 20.2 Å². The quantitative estimate of drug-likeness (QED) is 0.764. The van der Waals surface area contributed by atoms with E-state index in [1.54, 1.807) is 11.8 Å². The summed E-state index contributed by atoms with van der Waals surface area (Å²) >= 11 is 5.96.